The van der Waals surface area contributed by atoms with Crippen molar-refractivity contribution in [1.82, 2.24) is 5.32 Å². The summed E-state index contributed by atoms with van der Waals surface area (Å²) in [6.45, 7) is 0. The van der Waals surface area contributed by atoms with Crippen LogP contribution in [-0.2, 0) is 4.79 Å². The summed E-state index contributed by atoms with van der Waals surface area (Å²) in [4.78, 5) is 11.6. The highest BCUT2D eigenvalue weighted by molar-refractivity contribution is 9.10. The summed E-state index contributed by atoms with van der Waals surface area (Å²) in [5.41, 5.74) is 0. The van der Waals surface area contributed by atoms with Gasteiger partial charge in [0.25, 0.3) is 0 Å². The quantitative estimate of drug-likeness (QED) is 0.847. The third-order valence-electron chi connectivity index (χ3n) is 2.16. The van der Waals surface area contributed by atoms with E-state index in [0.717, 1.165) is 10.9 Å². The Balaban J connectivity index is 2.45. The van der Waals surface area contributed by atoms with Gasteiger partial charge in [-0.05, 0) is 41.9 Å². The molecule has 0 saturated carbocycles. The molecule has 2 N–H and O–H groups in total. The zero-order chi connectivity index (χ0) is 11.3. The van der Waals surface area contributed by atoms with Gasteiger partial charge in [0.2, 0.25) is 0 Å². The molecule has 1 rings (SSSR count). The molecule has 1 heterocycles. The standard InChI is InChI=1S/C10H14BrNO2S/c1-12-8(3-2-4-10(13)14)9-5-7(11)6-15-9/h5-6,8,12H,2-4H2,1H3,(H,13,14). The second-order valence-electron chi connectivity index (χ2n) is 3.29. The molecule has 0 fully saturated rings. The Labute approximate surface area is 102 Å². The van der Waals surface area contributed by atoms with E-state index in [9.17, 15) is 4.79 Å². The van der Waals surface area contributed by atoms with Crippen LogP contribution in [-0.4, -0.2) is 18.1 Å². The molecule has 1 atom stereocenters. The van der Waals surface area contributed by atoms with Crippen LogP contribution in [0, 0.1) is 0 Å². The third-order valence-corrected chi connectivity index (χ3v) is 3.97. The van der Waals surface area contributed by atoms with E-state index >= 15 is 0 Å². The smallest absolute Gasteiger partial charge is 0.303 e. The Morgan fingerprint density at radius 1 is 1.73 bits per heavy atom. The van der Waals surface area contributed by atoms with Crippen LogP contribution >= 0.6 is 27.3 Å². The number of hydrogen-bond acceptors (Lipinski definition) is 3. The zero-order valence-electron chi connectivity index (χ0n) is 8.50. The van der Waals surface area contributed by atoms with Crippen molar-refractivity contribution in [3.05, 3.63) is 20.8 Å². The fourth-order valence-electron chi connectivity index (χ4n) is 1.40. The van der Waals surface area contributed by atoms with E-state index in [4.69, 9.17) is 5.11 Å². The van der Waals surface area contributed by atoms with Crippen molar-refractivity contribution in [2.45, 2.75) is 25.3 Å². The van der Waals surface area contributed by atoms with Gasteiger partial charge in [0.05, 0.1) is 0 Å². The molecule has 3 nitrogen and oxygen atoms in total. The molecule has 0 aromatic carbocycles. The molecule has 0 aliphatic rings. The van der Waals surface area contributed by atoms with E-state index in [-0.39, 0.29) is 12.5 Å². The Bertz CT molecular complexity index is 327. The van der Waals surface area contributed by atoms with Gasteiger partial charge in [0, 0.05) is 27.2 Å². The Hall–Kier alpha value is -0.390. The molecule has 84 valence electrons. The highest BCUT2D eigenvalue weighted by Gasteiger charge is 2.11. The lowest BCUT2D eigenvalue weighted by atomic mass is 10.1. The topological polar surface area (TPSA) is 49.3 Å². The van der Waals surface area contributed by atoms with Crippen LogP contribution in [0.2, 0.25) is 0 Å². The van der Waals surface area contributed by atoms with Crippen molar-refractivity contribution >= 4 is 33.2 Å². The summed E-state index contributed by atoms with van der Waals surface area (Å²) in [6.07, 6.45) is 1.80. The van der Waals surface area contributed by atoms with Crippen molar-refractivity contribution in [2.24, 2.45) is 0 Å². The molecular weight excluding hydrogens is 278 g/mol. The SMILES string of the molecule is CNC(CCCC(=O)O)c1cc(Br)cs1. The largest absolute Gasteiger partial charge is 0.481 e. The summed E-state index contributed by atoms with van der Waals surface area (Å²) in [5, 5.41) is 13.8. The van der Waals surface area contributed by atoms with Crippen molar-refractivity contribution < 1.29 is 9.90 Å². The average Bonchev–Trinajstić information content (AvgIpc) is 2.59. The number of rotatable bonds is 6. The first-order chi connectivity index (χ1) is 7.13. The molecule has 0 amide bonds. The predicted octanol–water partition coefficient (Wildman–Crippen LogP) is 3.03. The second-order valence-corrected chi connectivity index (χ2v) is 5.15. The molecule has 1 unspecified atom stereocenters. The van der Waals surface area contributed by atoms with Gasteiger partial charge in [-0.2, -0.15) is 0 Å². The van der Waals surface area contributed by atoms with E-state index in [1.807, 2.05) is 12.4 Å². The van der Waals surface area contributed by atoms with Crippen molar-refractivity contribution in [3.63, 3.8) is 0 Å². The Kier molecular flexibility index (Phi) is 5.28. The van der Waals surface area contributed by atoms with Gasteiger partial charge in [-0.1, -0.05) is 0 Å². The number of halogens is 1. The van der Waals surface area contributed by atoms with E-state index in [1.54, 1.807) is 11.3 Å². The van der Waals surface area contributed by atoms with Gasteiger partial charge in [-0.25, -0.2) is 0 Å². The number of nitrogens with one attached hydrogen (secondary N) is 1. The maximum absolute atomic E-state index is 10.4. The van der Waals surface area contributed by atoms with Crippen molar-refractivity contribution in [3.8, 4) is 0 Å². The van der Waals surface area contributed by atoms with Crippen LogP contribution < -0.4 is 5.32 Å². The van der Waals surface area contributed by atoms with Crippen molar-refractivity contribution in [1.29, 1.82) is 0 Å². The lowest BCUT2D eigenvalue weighted by Gasteiger charge is -2.13. The molecule has 1 aromatic rings. The van der Waals surface area contributed by atoms with Gasteiger partial charge in [-0.3, -0.25) is 4.79 Å². The molecule has 5 heteroatoms. The lowest BCUT2D eigenvalue weighted by molar-refractivity contribution is -0.137. The first kappa shape index (κ1) is 12.7. The van der Waals surface area contributed by atoms with Crippen LogP contribution in [0.4, 0.5) is 0 Å². The van der Waals surface area contributed by atoms with Crippen LogP contribution in [0.25, 0.3) is 0 Å². The highest BCUT2D eigenvalue weighted by atomic mass is 79.9. The average molecular weight is 292 g/mol. The molecule has 15 heavy (non-hydrogen) atoms. The maximum atomic E-state index is 10.4. The molecular formula is C10H14BrNO2S. The number of carboxylic acid groups (broad SMARTS) is 1. The van der Waals surface area contributed by atoms with Crippen molar-refractivity contribution in [2.75, 3.05) is 7.05 Å². The molecule has 0 bridgehead atoms. The molecule has 1 aromatic heterocycles. The maximum Gasteiger partial charge on any atom is 0.303 e. The minimum atomic E-state index is -0.725. The third kappa shape index (κ3) is 4.32. The fraction of sp³-hybridized carbons (Fsp3) is 0.500. The van der Waals surface area contributed by atoms with Crippen LogP contribution in [0.15, 0.2) is 15.9 Å². The zero-order valence-corrected chi connectivity index (χ0v) is 10.9. The number of thiophene rings is 1. The number of hydrogen-bond donors (Lipinski definition) is 2. The summed E-state index contributed by atoms with van der Waals surface area (Å²) < 4.78 is 1.08. The van der Waals surface area contributed by atoms with E-state index in [2.05, 4.69) is 27.3 Å². The van der Waals surface area contributed by atoms with E-state index < -0.39 is 5.97 Å². The Morgan fingerprint density at radius 2 is 2.47 bits per heavy atom. The van der Waals surface area contributed by atoms with Gasteiger partial charge in [-0.15, -0.1) is 11.3 Å². The molecule has 0 saturated heterocycles. The Morgan fingerprint density at radius 3 is 2.93 bits per heavy atom. The first-order valence-electron chi connectivity index (χ1n) is 4.76. The number of carboxylic acids is 1. The summed E-state index contributed by atoms with van der Waals surface area (Å²) >= 11 is 5.09. The van der Waals surface area contributed by atoms with Gasteiger partial charge < -0.3 is 10.4 Å². The van der Waals surface area contributed by atoms with Crippen LogP contribution in [0.3, 0.4) is 0 Å². The van der Waals surface area contributed by atoms with E-state index in [0.29, 0.717) is 6.42 Å². The minimum Gasteiger partial charge on any atom is -0.481 e. The molecule has 0 radical (unpaired) electrons. The van der Waals surface area contributed by atoms with Crippen LogP contribution in [0.1, 0.15) is 30.2 Å². The molecule has 0 aliphatic heterocycles. The fourth-order valence-corrected chi connectivity index (χ4v) is 2.99. The highest BCUT2D eigenvalue weighted by Crippen LogP contribution is 2.28. The molecule has 0 aliphatic carbocycles. The van der Waals surface area contributed by atoms with Gasteiger partial charge in [0.1, 0.15) is 0 Å². The van der Waals surface area contributed by atoms with Gasteiger partial charge >= 0.3 is 5.97 Å². The summed E-state index contributed by atoms with van der Waals surface area (Å²) in [6, 6.07) is 2.34. The number of carbonyl (C=O) groups is 1. The summed E-state index contributed by atoms with van der Waals surface area (Å²) in [7, 11) is 1.90. The number of aliphatic carboxylic acids is 1. The monoisotopic (exact) mass is 291 g/mol. The molecule has 0 spiro atoms. The second kappa shape index (κ2) is 6.25. The first-order valence-corrected chi connectivity index (χ1v) is 6.43. The minimum absolute atomic E-state index is 0.241. The lowest BCUT2D eigenvalue weighted by Crippen LogP contribution is -2.15. The van der Waals surface area contributed by atoms with E-state index in [1.165, 1.54) is 4.88 Å². The predicted molar refractivity (Wildman–Crippen MR) is 65.3 cm³/mol. The summed E-state index contributed by atoms with van der Waals surface area (Å²) in [5.74, 6) is -0.725. The van der Waals surface area contributed by atoms with Crippen LogP contribution in [0.5, 0.6) is 0 Å². The normalized spacial score (nSPS) is 12.7. The van der Waals surface area contributed by atoms with Gasteiger partial charge in [0.15, 0.2) is 0 Å².